The fourth-order valence-electron chi connectivity index (χ4n) is 3.18. The van der Waals surface area contributed by atoms with E-state index in [0.29, 0.717) is 23.7 Å². The molecule has 9 heteroatoms. The molecule has 1 heterocycles. The quantitative estimate of drug-likeness (QED) is 0.362. The van der Waals surface area contributed by atoms with Crippen molar-refractivity contribution in [2.45, 2.75) is 39.0 Å². The minimum absolute atomic E-state index is 0.0952. The summed E-state index contributed by atoms with van der Waals surface area (Å²) >= 11 is 0. The first kappa shape index (κ1) is 22.5. The van der Waals surface area contributed by atoms with E-state index >= 15 is 0 Å². The number of benzene rings is 2. The number of fused-ring (bicyclic) bond motifs is 2. The van der Waals surface area contributed by atoms with E-state index < -0.39 is 4.92 Å². The second kappa shape index (κ2) is 11.3. The van der Waals surface area contributed by atoms with E-state index in [9.17, 15) is 15.2 Å². The second-order valence-electron chi connectivity index (χ2n) is 7.18. The topological polar surface area (TPSA) is 116 Å². The largest absolute Gasteiger partial charge is 0.508 e. The highest BCUT2D eigenvalue weighted by molar-refractivity contribution is 5.60. The molecule has 0 spiro atoms. The summed E-state index contributed by atoms with van der Waals surface area (Å²) in [5, 5.41) is 30.1. The molecule has 166 valence electrons. The van der Waals surface area contributed by atoms with E-state index in [1.54, 1.807) is 12.1 Å². The predicted molar refractivity (Wildman–Crippen MR) is 115 cm³/mol. The Hall–Kier alpha value is -3.20. The normalized spacial score (nSPS) is 14.1. The number of phenolic OH excluding ortho intramolecular Hbond substituents is 1. The number of nitro benzene ring substituents is 1. The van der Waals surface area contributed by atoms with Gasteiger partial charge in [0.1, 0.15) is 30.3 Å². The Kier molecular flexibility index (Phi) is 8.17. The van der Waals surface area contributed by atoms with Gasteiger partial charge in [0.25, 0.3) is 5.69 Å². The van der Waals surface area contributed by atoms with Gasteiger partial charge in [-0.3, -0.25) is 10.1 Å². The molecule has 0 saturated carbocycles. The molecular weight excluding hydrogens is 402 g/mol. The molecule has 0 bridgehead atoms. The lowest BCUT2D eigenvalue weighted by Gasteiger charge is -2.12. The zero-order chi connectivity index (χ0) is 22.1. The highest BCUT2D eigenvalue weighted by Gasteiger charge is 2.15. The van der Waals surface area contributed by atoms with Crippen LogP contribution in [0.3, 0.4) is 0 Å². The van der Waals surface area contributed by atoms with E-state index in [2.05, 4.69) is 17.2 Å². The summed E-state index contributed by atoms with van der Waals surface area (Å²) in [4.78, 5) is 10.6. The van der Waals surface area contributed by atoms with Crippen LogP contribution in [0, 0.1) is 10.1 Å². The molecule has 2 aromatic carbocycles. The molecular formula is C22H27N3O6. The zero-order valence-corrected chi connectivity index (χ0v) is 17.6. The number of non-ortho nitro benzene ring substituents is 1. The first-order valence-electron chi connectivity index (χ1n) is 10.5. The highest BCUT2D eigenvalue weighted by Crippen LogP contribution is 2.38. The number of unbranched alkanes of at least 4 members (excludes halogenated alkanes) is 3. The molecule has 1 N–H and O–H groups in total. The molecule has 2 aromatic rings. The number of azo groups is 1. The third kappa shape index (κ3) is 6.39. The maximum Gasteiger partial charge on any atom is 0.273 e. The number of aryl methyl sites for hydroxylation is 1. The molecule has 1 aliphatic rings. The zero-order valence-electron chi connectivity index (χ0n) is 17.6. The van der Waals surface area contributed by atoms with Gasteiger partial charge in [0, 0.05) is 12.1 Å². The summed E-state index contributed by atoms with van der Waals surface area (Å²) in [5.74, 6) is 0.808. The number of hydrogen-bond acceptors (Lipinski definition) is 8. The lowest BCUT2D eigenvalue weighted by Crippen LogP contribution is -2.12. The van der Waals surface area contributed by atoms with Crippen LogP contribution < -0.4 is 9.47 Å². The third-order valence-electron chi connectivity index (χ3n) is 4.85. The highest BCUT2D eigenvalue weighted by atomic mass is 16.6. The number of ether oxygens (including phenoxy) is 3. The van der Waals surface area contributed by atoms with Gasteiger partial charge in [-0.1, -0.05) is 26.2 Å². The molecule has 0 atom stereocenters. The molecule has 31 heavy (non-hydrogen) atoms. The predicted octanol–water partition coefficient (Wildman–Crippen LogP) is 5.63. The first-order valence-corrected chi connectivity index (χ1v) is 10.5. The van der Waals surface area contributed by atoms with Gasteiger partial charge < -0.3 is 19.3 Å². The second-order valence-corrected chi connectivity index (χ2v) is 7.18. The fourth-order valence-corrected chi connectivity index (χ4v) is 3.18. The summed E-state index contributed by atoms with van der Waals surface area (Å²) in [7, 11) is 0. The monoisotopic (exact) mass is 429 g/mol. The van der Waals surface area contributed by atoms with Crippen LogP contribution in [0.2, 0.25) is 0 Å². The average Bonchev–Trinajstić information content (AvgIpc) is 2.77. The standard InChI is InChI=1S/C22H27N3O6/c1-2-3-4-5-6-16-13-19-22(15-20(16)26)31-12-10-29-9-11-30-21-14-17(25(27)28)7-8-18(21)23-24-19/h7-8,13-15,26H,2-6,9-12H2,1H3. The van der Waals surface area contributed by atoms with Crippen molar-refractivity contribution in [3.05, 3.63) is 46.0 Å². The molecule has 1 aliphatic heterocycles. The maximum absolute atomic E-state index is 11.1. The van der Waals surface area contributed by atoms with Crippen molar-refractivity contribution in [2.24, 2.45) is 10.2 Å². The summed E-state index contributed by atoms with van der Waals surface area (Å²) in [5.41, 5.74) is 1.50. The van der Waals surface area contributed by atoms with Crippen molar-refractivity contribution in [1.29, 1.82) is 0 Å². The summed E-state index contributed by atoms with van der Waals surface area (Å²) in [6.45, 7) is 3.24. The number of phenols is 1. The Balaban J connectivity index is 1.93. The van der Waals surface area contributed by atoms with Crippen LogP contribution in [0.1, 0.15) is 38.2 Å². The van der Waals surface area contributed by atoms with Crippen LogP contribution in [0.4, 0.5) is 17.1 Å². The molecule has 0 radical (unpaired) electrons. The Morgan fingerprint density at radius 3 is 2.39 bits per heavy atom. The average molecular weight is 429 g/mol. The van der Waals surface area contributed by atoms with E-state index in [4.69, 9.17) is 14.2 Å². The molecule has 3 rings (SSSR count). The van der Waals surface area contributed by atoms with E-state index in [-0.39, 0.29) is 37.0 Å². The summed E-state index contributed by atoms with van der Waals surface area (Å²) < 4.78 is 16.9. The molecule has 9 nitrogen and oxygen atoms in total. The third-order valence-corrected chi connectivity index (χ3v) is 4.85. The van der Waals surface area contributed by atoms with E-state index in [0.717, 1.165) is 37.7 Å². The molecule has 0 aromatic heterocycles. The van der Waals surface area contributed by atoms with Gasteiger partial charge in [0.05, 0.1) is 24.2 Å². The minimum Gasteiger partial charge on any atom is -0.508 e. The van der Waals surface area contributed by atoms with Gasteiger partial charge in [-0.25, -0.2) is 0 Å². The number of rotatable bonds is 6. The van der Waals surface area contributed by atoms with Crippen LogP contribution in [0.25, 0.3) is 0 Å². The SMILES string of the molecule is CCCCCCc1cc2c(cc1O)OCCOCCOc1cc([N+](=O)[O-])ccc1N=N2. The lowest BCUT2D eigenvalue weighted by atomic mass is 10.0. The van der Waals surface area contributed by atoms with Crippen LogP contribution in [0.15, 0.2) is 40.6 Å². The molecule has 0 unspecified atom stereocenters. The van der Waals surface area contributed by atoms with Gasteiger partial charge in [-0.2, -0.15) is 0 Å². The minimum atomic E-state index is -0.491. The maximum atomic E-state index is 11.1. The van der Waals surface area contributed by atoms with Crippen LogP contribution in [-0.4, -0.2) is 36.5 Å². The Bertz CT molecular complexity index is 932. The van der Waals surface area contributed by atoms with Crippen LogP contribution >= 0.6 is 0 Å². The molecule has 0 saturated heterocycles. The smallest absolute Gasteiger partial charge is 0.273 e. The Labute approximate surface area is 180 Å². The van der Waals surface area contributed by atoms with Crippen molar-refractivity contribution in [3.8, 4) is 17.2 Å². The van der Waals surface area contributed by atoms with Crippen molar-refractivity contribution >= 4 is 17.1 Å². The van der Waals surface area contributed by atoms with Crippen molar-refractivity contribution in [3.63, 3.8) is 0 Å². The summed E-state index contributed by atoms with van der Waals surface area (Å²) in [6, 6.07) is 7.48. The van der Waals surface area contributed by atoms with Crippen molar-refractivity contribution in [1.82, 2.24) is 0 Å². The van der Waals surface area contributed by atoms with Gasteiger partial charge in [0.15, 0.2) is 11.5 Å². The molecule has 0 aliphatic carbocycles. The van der Waals surface area contributed by atoms with Crippen molar-refractivity contribution < 1.29 is 24.2 Å². The van der Waals surface area contributed by atoms with Crippen LogP contribution in [-0.2, 0) is 11.2 Å². The van der Waals surface area contributed by atoms with Gasteiger partial charge in [-0.05, 0) is 30.5 Å². The summed E-state index contributed by atoms with van der Waals surface area (Å²) in [6.07, 6.45) is 5.07. The molecule has 0 fully saturated rings. The van der Waals surface area contributed by atoms with Gasteiger partial charge >= 0.3 is 0 Å². The lowest BCUT2D eigenvalue weighted by molar-refractivity contribution is -0.384. The Morgan fingerprint density at radius 1 is 0.968 bits per heavy atom. The molecule has 0 amide bonds. The van der Waals surface area contributed by atoms with E-state index in [1.807, 2.05) is 0 Å². The Morgan fingerprint density at radius 2 is 1.68 bits per heavy atom. The van der Waals surface area contributed by atoms with Crippen molar-refractivity contribution in [2.75, 3.05) is 26.4 Å². The number of nitro groups is 1. The van der Waals surface area contributed by atoms with Crippen LogP contribution in [0.5, 0.6) is 17.2 Å². The fraction of sp³-hybridized carbons (Fsp3) is 0.455. The first-order chi connectivity index (χ1) is 15.1. The number of aromatic hydroxyl groups is 1. The van der Waals surface area contributed by atoms with Gasteiger partial charge in [0.2, 0.25) is 0 Å². The number of hydrogen-bond donors (Lipinski definition) is 1. The van der Waals surface area contributed by atoms with E-state index in [1.165, 1.54) is 18.2 Å². The number of nitrogens with zero attached hydrogens (tertiary/aromatic N) is 3. The van der Waals surface area contributed by atoms with Gasteiger partial charge in [-0.15, -0.1) is 10.2 Å².